The van der Waals surface area contributed by atoms with Crippen LogP contribution in [0.15, 0.2) is 31.6 Å². The van der Waals surface area contributed by atoms with Gasteiger partial charge in [-0.1, -0.05) is 31.9 Å². The molecule has 0 amide bonds. The number of hydrogen-bond acceptors (Lipinski definition) is 2. The molecule has 4 heteroatoms. The Morgan fingerprint density at radius 1 is 1.00 bits per heavy atom. The topological polar surface area (TPSA) is 25.2 Å². The van der Waals surface area contributed by atoms with Crippen molar-refractivity contribution in [1.29, 1.82) is 0 Å². The lowest BCUT2D eigenvalue weighted by Gasteiger charge is -2.19. The molecule has 1 aromatic carbocycles. The van der Waals surface area contributed by atoms with E-state index < -0.39 is 0 Å². The maximum atomic E-state index is 5.65. The zero-order chi connectivity index (χ0) is 14.2. The van der Waals surface area contributed by atoms with Crippen LogP contribution in [0.3, 0.4) is 0 Å². The van der Waals surface area contributed by atoms with Crippen LogP contribution in [0.25, 0.3) is 0 Å². The molecule has 0 radical (unpaired) electrons. The Morgan fingerprint density at radius 3 is 2.21 bits per heavy atom. The van der Waals surface area contributed by atoms with Gasteiger partial charge in [0.2, 0.25) is 0 Å². The molecule has 19 heavy (non-hydrogen) atoms. The van der Waals surface area contributed by atoms with Gasteiger partial charge in [0.25, 0.3) is 0 Å². The van der Waals surface area contributed by atoms with E-state index in [9.17, 15) is 0 Å². The zero-order valence-corrected chi connectivity index (χ0v) is 14.6. The van der Waals surface area contributed by atoms with E-state index in [1.807, 2.05) is 20.9 Å². The Bertz CT molecular complexity index is 604. The summed E-state index contributed by atoms with van der Waals surface area (Å²) in [5.41, 5.74) is 3.59. The molecule has 0 aliphatic carbocycles. The van der Waals surface area contributed by atoms with Crippen LogP contribution in [0.4, 0.5) is 0 Å². The molecule has 1 atom stereocenters. The number of rotatable bonds is 3. The highest BCUT2D eigenvalue weighted by molar-refractivity contribution is 9.11. The molecule has 0 saturated carbocycles. The van der Waals surface area contributed by atoms with E-state index in [0.717, 1.165) is 20.5 Å². The second kappa shape index (κ2) is 5.81. The fourth-order valence-electron chi connectivity index (χ4n) is 2.30. The van der Waals surface area contributed by atoms with Gasteiger partial charge in [0.15, 0.2) is 0 Å². The first-order valence-corrected chi connectivity index (χ1v) is 7.72. The minimum atomic E-state index is 0.115. The minimum absolute atomic E-state index is 0.115. The second-order valence-electron chi connectivity index (χ2n) is 4.71. The van der Waals surface area contributed by atoms with Crippen molar-refractivity contribution in [3.05, 3.63) is 55.4 Å². The molecule has 1 unspecified atom stereocenters. The van der Waals surface area contributed by atoms with E-state index in [4.69, 9.17) is 4.42 Å². The Kier molecular flexibility index (Phi) is 4.54. The van der Waals surface area contributed by atoms with Crippen molar-refractivity contribution in [2.45, 2.75) is 26.8 Å². The van der Waals surface area contributed by atoms with Crippen LogP contribution in [0, 0.1) is 20.8 Å². The van der Waals surface area contributed by atoms with Crippen molar-refractivity contribution < 1.29 is 4.42 Å². The third-order valence-corrected chi connectivity index (χ3v) is 4.81. The van der Waals surface area contributed by atoms with E-state index in [1.165, 1.54) is 16.7 Å². The van der Waals surface area contributed by atoms with E-state index in [-0.39, 0.29) is 6.04 Å². The summed E-state index contributed by atoms with van der Waals surface area (Å²) in [5, 5.41) is 3.37. The predicted octanol–water partition coefficient (Wildman–Crippen LogP) is 5.04. The first-order valence-electron chi connectivity index (χ1n) is 6.13. The smallest absolute Gasteiger partial charge is 0.106 e. The van der Waals surface area contributed by atoms with Gasteiger partial charge < -0.3 is 9.73 Å². The number of halogens is 2. The van der Waals surface area contributed by atoms with Gasteiger partial charge in [-0.15, -0.1) is 0 Å². The van der Waals surface area contributed by atoms with E-state index >= 15 is 0 Å². The number of nitrogens with one attached hydrogen (secondary N) is 1. The third kappa shape index (κ3) is 2.96. The average molecular weight is 387 g/mol. The second-order valence-corrected chi connectivity index (χ2v) is 6.42. The van der Waals surface area contributed by atoms with Crippen LogP contribution in [0.2, 0.25) is 0 Å². The molecule has 1 heterocycles. The quantitative estimate of drug-likeness (QED) is 0.799. The normalized spacial score (nSPS) is 12.7. The van der Waals surface area contributed by atoms with Crippen LogP contribution in [-0.4, -0.2) is 7.05 Å². The molecule has 0 saturated heterocycles. The minimum Gasteiger partial charge on any atom is -0.466 e. The van der Waals surface area contributed by atoms with Gasteiger partial charge in [0, 0.05) is 14.5 Å². The number of furan rings is 1. The van der Waals surface area contributed by atoms with Gasteiger partial charge in [-0.3, -0.25) is 0 Å². The summed E-state index contributed by atoms with van der Waals surface area (Å²) in [6.07, 6.45) is 0. The number of benzene rings is 1. The monoisotopic (exact) mass is 385 g/mol. The molecular formula is C15H17Br2NO. The average Bonchev–Trinajstić information content (AvgIpc) is 2.66. The first-order chi connectivity index (χ1) is 8.93. The molecule has 102 valence electrons. The van der Waals surface area contributed by atoms with E-state index in [0.29, 0.717) is 0 Å². The predicted molar refractivity (Wildman–Crippen MR) is 85.7 cm³/mol. The molecule has 0 spiro atoms. The molecule has 1 N–H and O–H groups in total. The van der Waals surface area contributed by atoms with Crippen LogP contribution < -0.4 is 5.32 Å². The van der Waals surface area contributed by atoms with Gasteiger partial charge in [-0.2, -0.15) is 0 Å². The number of hydrogen-bond donors (Lipinski definition) is 1. The lowest BCUT2D eigenvalue weighted by molar-refractivity contribution is 0.497. The lowest BCUT2D eigenvalue weighted by Crippen LogP contribution is -2.18. The summed E-state index contributed by atoms with van der Waals surface area (Å²) in [6.45, 7) is 6.06. The Morgan fingerprint density at radius 2 is 1.68 bits per heavy atom. The highest BCUT2D eigenvalue weighted by Crippen LogP contribution is 2.34. The molecule has 0 fully saturated rings. The molecule has 2 rings (SSSR count). The Hall–Kier alpha value is -0.580. The number of aryl methyl sites for hydroxylation is 3. The maximum Gasteiger partial charge on any atom is 0.106 e. The molecule has 0 aliphatic heterocycles. The molecule has 2 nitrogen and oxygen atoms in total. The van der Waals surface area contributed by atoms with Crippen molar-refractivity contribution >= 4 is 31.9 Å². The summed E-state index contributed by atoms with van der Waals surface area (Å²) in [6, 6.07) is 6.49. The largest absolute Gasteiger partial charge is 0.466 e. The molecular weight excluding hydrogens is 370 g/mol. The van der Waals surface area contributed by atoms with Crippen molar-refractivity contribution in [3.8, 4) is 0 Å². The maximum absolute atomic E-state index is 5.65. The highest BCUT2D eigenvalue weighted by Gasteiger charge is 2.20. The van der Waals surface area contributed by atoms with Gasteiger partial charge in [0.1, 0.15) is 11.5 Å². The standard InChI is InChI=1S/C15H17Br2NO/c1-8-5-14(17)12(7-13(8)16)15(18-4)11-6-9(2)19-10(11)3/h5-7,15,18H,1-4H3. The fourth-order valence-corrected chi connectivity index (χ4v) is 3.35. The Labute approximate surface area is 130 Å². The Balaban J connectivity index is 2.54. The van der Waals surface area contributed by atoms with Crippen LogP contribution in [-0.2, 0) is 0 Å². The summed E-state index contributed by atoms with van der Waals surface area (Å²) in [4.78, 5) is 0. The van der Waals surface area contributed by atoms with E-state index in [1.54, 1.807) is 0 Å². The summed E-state index contributed by atoms with van der Waals surface area (Å²) in [7, 11) is 1.96. The summed E-state index contributed by atoms with van der Waals surface area (Å²) in [5.74, 6) is 1.90. The van der Waals surface area contributed by atoms with Crippen molar-refractivity contribution in [2.24, 2.45) is 0 Å². The van der Waals surface area contributed by atoms with Gasteiger partial charge in [0.05, 0.1) is 6.04 Å². The SMILES string of the molecule is CNC(c1cc(Br)c(C)cc1Br)c1cc(C)oc1C. The summed E-state index contributed by atoms with van der Waals surface area (Å²) < 4.78 is 7.86. The fraction of sp³-hybridized carbons (Fsp3) is 0.333. The molecule has 1 aromatic heterocycles. The zero-order valence-electron chi connectivity index (χ0n) is 11.5. The van der Waals surface area contributed by atoms with E-state index in [2.05, 4.69) is 62.3 Å². The summed E-state index contributed by atoms with van der Waals surface area (Å²) >= 11 is 7.26. The van der Waals surface area contributed by atoms with Gasteiger partial charge >= 0.3 is 0 Å². The lowest BCUT2D eigenvalue weighted by atomic mass is 9.98. The van der Waals surface area contributed by atoms with Crippen LogP contribution in [0.1, 0.15) is 34.3 Å². The van der Waals surface area contributed by atoms with Gasteiger partial charge in [-0.25, -0.2) is 0 Å². The van der Waals surface area contributed by atoms with Crippen LogP contribution in [0.5, 0.6) is 0 Å². The molecule has 0 bridgehead atoms. The first kappa shape index (κ1) is 14.8. The molecule has 0 aliphatic rings. The van der Waals surface area contributed by atoms with Crippen molar-refractivity contribution in [1.82, 2.24) is 5.32 Å². The van der Waals surface area contributed by atoms with Crippen molar-refractivity contribution in [2.75, 3.05) is 7.05 Å². The molecule has 2 aromatic rings. The highest BCUT2D eigenvalue weighted by atomic mass is 79.9. The third-order valence-electron chi connectivity index (χ3n) is 3.27. The van der Waals surface area contributed by atoms with Crippen molar-refractivity contribution in [3.63, 3.8) is 0 Å². The van der Waals surface area contributed by atoms with Crippen LogP contribution >= 0.6 is 31.9 Å². The van der Waals surface area contributed by atoms with Gasteiger partial charge in [-0.05, 0) is 57.1 Å².